The Kier molecular flexibility index (Phi) is 2.98. The molecule has 0 aliphatic carbocycles. The van der Waals surface area contributed by atoms with E-state index in [-0.39, 0.29) is 5.69 Å². The monoisotopic (exact) mass is 269 g/mol. The van der Waals surface area contributed by atoms with Gasteiger partial charge in [0, 0.05) is 11.8 Å². The van der Waals surface area contributed by atoms with E-state index >= 15 is 0 Å². The Hall–Kier alpha value is -2.63. The van der Waals surface area contributed by atoms with Gasteiger partial charge in [0.25, 0.3) is 0 Å². The average molecular weight is 269 g/mol. The summed E-state index contributed by atoms with van der Waals surface area (Å²) in [4.78, 5) is 14.5. The third-order valence-electron chi connectivity index (χ3n) is 3.25. The Balaban J connectivity index is 2.12. The first kappa shape index (κ1) is 12.4. The van der Waals surface area contributed by atoms with Gasteiger partial charge in [-0.2, -0.15) is 14.9 Å². The summed E-state index contributed by atoms with van der Waals surface area (Å²) in [5.74, 6) is 0.604. The number of benzene rings is 1. The highest BCUT2D eigenvalue weighted by Crippen LogP contribution is 2.25. The van der Waals surface area contributed by atoms with E-state index in [0.29, 0.717) is 5.82 Å². The maximum Gasteiger partial charge on any atom is 0.348 e. The normalized spacial score (nSPS) is 10.9. The lowest BCUT2D eigenvalue weighted by Gasteiger charge is -2.08. The number of aryl methyl sites for hydroxylation is 2. The SMILES string of the molecule is CCc1cc(-n2nc(C)[nH]c2=O)ccc1-c1cn[nH]c1. The smallest absolute Gasteiger partial charge is 0.293 e. The Morgan fingerprint density at radius 3 is 2.80 bits per heavy atom. The first-order valence-electron chi connectivity index (χ1n) is 6.47. The van der Waals surface area contributed by atoms with Crippen LogP contribution in [0.1, 0.15) is 18.3 Å². The number of aromatic amines is 2. The largest absolute Gasteiger partial charge is 0.348 e. The molecule has 1 aromatic carbocycles. The lowest BCUT2D eigenvalue weighted by atomic mass is 10.00. The molecule has 0 aliphatic heterocycles. The van der Waals surface area contributed by atoms with E-state index < -0.39 is 0 Å². The van der Waals surface area contributed by atoms with Crippen LogP contribution in [0.3, 0.4) is 0 Å². The number of rotatable bonds is 3. The van der Waals surface area contributed by atoms with Gasteiger partial charge in [-0.1, -0.05) is 13.0 Å². The lowest BCUT2D eigenvalue weighted by molar-refractivity contribution is 0.831. The van der Waals surface area contributed by atoms with Crippen molar-refractivity contribution in [2.45, 2.75) is 20.3 Å². The highest BCUT2D eigenvalue weighted by atomic mass is 16.1. The molecule has 0 saturated carbocycles. The predicted molar refractivity (Wildman–Crippen MR) is 75.9 cm³/mol. The van der Waals surface area contributed by atoms with Crippen molar-refractivity contribution in [1.29, 1.82) is 0 Å². The summed E-state index contributed by atoms with van der Waals surface area (Å²) in [5, 5.41) is 11.0. The van der Waals surface area contributed by atoms with E-state index in [2.05, 4.69) is 27.2 Å². The molecule has 0 saturated heterocycles. The second-order valence-corrected chi connectivity index (χ2v) is 4.61. The zero-order valence-electron chi connectivity index (χ0n) is 11.3. The summed E-state index contributed by atoms with van der Waals surface area (Å²) >= 11 is 0. The fraction of sp³-hybridized carbons (Fsp3) is 0.214. The molecule has 0 aliphatic rings. The minimum atomic E-state index is -0.222. The number of H-pyrrole nitrogens is 2. The topological polar surface area (TPSA) is 79.4 Å². The van der Waals surface area contributed by atoms with Crippen molar-refractivity contribution >= 4 is 0 Å². The molecule has 0 atom stereocenters. The van der Waals surface area contributed by atoms with Gasteiger partial charge in [-0.05, 0) is 36.6 Å². The minimum absolute atomic E-state index is 0.222. The average Bonchev–Trinajstić information content (AvgIpc) is 3.07. The summed E-state index contributed by atoms with van der Waals surface area (Å²) in [6, 6.07) is 5.88. The Labute approximate surface area is 115 Å². The van der Waals surface area contributed by atoms with Gasteiger partial charge in [-0.15, -0.1) is 0 Å². The van der Waals surface area contributed by atoms with Crippen LogP contribution < -0.4 is 5.69 Å². The van der Waals surface area contributed by atoms with Crippen molar-refractivity contribution in [2.75, 3.05) is 0 Å². The van der Waals surface area contributed by atoms with Gasteiger partial charge in [-0.3, -0.25) is 10.1 Å². The van der Waals surface area contributed by atoms with Gasteiger partial charge < -0.3 is 0 Å². The third kappa shape index (κ3) is 2.05. The standard InChI is InChI=1S/C14H15N5O/c1-3-10-6-12(19-14(20)17-9(2)18-19)4-5-13(10)11-7-15-16-8-11/h4-8H,3H2,1-2H3,(H,15,16)(H,17,18,20). The number of hydrogen-bond donors (Lipinski definition) is 2. The van der Waals surface area contributed by atoms with Crippen molar-refractivity contribution < 1.29 is 0 Å². The summed E-state index contributed by atoms with van der Waals surface area (Å²) in [5.41, 5.74) is 3.85. The van der Waals surface area contributed by atoms with Crippen molar-refractivity contribution in [3.63, 3.8) is 0 Å². The molecule has 0 spiro atoms. The van der Waals surface area contributed by atoms with Gasteiger partial charge >= 0.3 is 5.69 Å². The van der Waals surface area contributed by atoms with Crippen LogP contribution in [0.5, 0.6) is 0 Å². The summed E-state index contributed by atoms with van der Waals surface area (Å²) in [6.07, 6.45) is 4.52. The maximum atomic E-state index is 11.8. The molecule has 0 fully saturated rings. The Morgan fingerprint density at radius 1 is 1.35 bits per heavy atom. The van der Waals surface area contributed by atoms with E-state index in [1.54, 1.807) is 13.1 Å². The van der Waals surface area contributed by atoms with Crippen LogP contribution in [-0.2, 0) is 6.42 Å². The first-order valence-corrected chi connectivity index (χ1v) is 6.47. The molecule has 6 heteroatoms. The molecule has 2 heterocycles. The van der Waals surface area contributed by atoms with Crippen LogP contribution in [0.2, 0.25) is 0 Å². The van der Waals surface area contributed by atoms with Gasteiger partial charge in [0.2, 0.25) is 0 Å². The molecule has 0 unspecified atom stereocenters. The summed E-state index contributed by atoms with van der Waals surface area (Å²) < 4.78 is 1.38. The second kappa shape index (κ2) is 4.80. The van der Waals surface area contributed by atoms with E-state index in [1.807, 2.05) is 24.4 Å². The predicted octanol–water partition coefficient (Wildman–Crippen LogP) is 1.82. The summed E-state index contributed by atoms with van der Waals surface area (Å²) in [6.45, 7) is 3.85. The molecule has 6 nitrogen and oxygen atoms in total. The van der Waals surface area contributed by atoms with Crippen molar-refractivity contribution in [3.05, 3.63) is 52.5 Å². The number of aromatic nitrogens is 5. The van der Waals surface area contributed by atoms with Crippen molar-refractivity contribution in [2.24, 2.45) is 0 Å². The number of hydrogen-bond acceptors (Lipinski definition) is 3. The zero-order chi connectivity index (χ0) is 14.1. The van der Waals surface area contributed by atoms with E-state index in [9.17, 15) is 4.79 Å². The first-order chi connectivity index (χ1) is 9.69. The van der Waals surface area contributed by atoms with Crippen molar-refractivity contribution in [3.8, 4) is 16.8 Å². The highest BCUT2D eigenvalue weighted by molar-refractivity contribution is 5.67. The van der Waals surface area contributed by atoms with Crippen LogP contribution in [0.25, 0.3) is 16.8 Å². The third-order valence-corrected chi connectivity index (χ3v) is 3.25. The highest BCUT2D eigenvalue weighted by Gasteiger charge is 2.09. The Bertz CT molecular complexity index is 782. The van der Waals surface area contributed by atoms with Crippen LogP contribution in [0.15, 0.2) is 35.4 Å². The second-order valence-electron chi connectivity index (χ2n) is 4.61. The van der Waals surface area contributed by atoms with E-state index in [1.165, 1.54) is 4.68 Å². The molecule has 102 valence electrons. The Morgan fingerprint density at radius 2 is 2.20 bits per heavy atom. The van der Waals surface area contributed by atoms with Crippen LogP contribution in [-0.4, -0.2) is 25.0 Å². The molecule has 0 radical (unpaired) electrons. The van der Waals surface area contributed by atoms with Gasteiger partial charge in [-0.25, -0.2) is 4.79 Å². The fourth-order valence-electron chi connectivity index (χ4n) is 2.29. The molecular weight excluding hydrogens is 254 g/mol. The molecular formula is C14H15N5O. The summed E-state index contributed by atoms with van der Waals surface area (Å²) in [7, 11) is 0. The zero-order valence-corrected chi connectivity index (χ0v) is 11.3. The number of nitrogens with zero attached hydrogens (tertiary/aromatic N) is 3. The van der Waals surface area contributed by atoms with E-state index in [0.717, 1.165) is 28.8 Å². The molecule has 0 bridgehead atoms. The molecule has 2 N–H and O–H groups in total. The van der Waals surface area contributed by atoms with Crippen LogP contribution in [0, 0.1) is 6.92 Å². The molecule has 3 aromatic rings. The minimum Gasteiger partial charge on any atom is -0.293 e. The molecule has 2 aromatic heterocycles. The van der Waals surface area contributed by atoms with E-state index in [4.69, 9.17) is 0 Å². The van der Waals surface area contributed by atoms with Gasteiger partial charge in [0.1, 0.15) is 5.82 Å². The molecule has 3 rings (SSSR count). The molecule has 0 amide bonds. The fourth-order valence-corrected chi connectivity index (χ4v) is 2.29. The van der Waals surface area contributed by atoms with Gasteiger partial charge in [0.05, 0.1) is 11.9 Å². The van der Waals surface area contributed by atoms with Crippen molar-refractivity contribution in [1.82, 2.24) is 25.0 Å². The maximum absolute atomic E-state index is 11.8. The molecule has 20 heavy (non-hydrogen) atoms. The van der Waals surface area contributed by atoms with Crippen LogP contribution in [0.4, 0.5) is 0 Å². The quantitative estimate of drug-likeness (QED) is 0.761. The number of nitrogens with one attached hydrogen (secondary N) is 2. The van der Waals surface area contributed by atoms with Crippen LogP contribution >= 0.6 is 0 Å². The lowest BCUT2D eigenvalue weighted by Crippen LogP contribution is -2.16. The van der Waals surface area contributed by atoms with Gasteiger partial charge in [0.15, 0.2) is 0 Å².